The van der Waals surface area contributed by atoms with Crippen molar-refractivity contribution in [2.24, 2.45) is 5.73 Å². The molecule has 232 valence electrons. The van der Waals surface area contributed by atoms with Crippen LogP contribution in [0.1, 0.15) is 27.2 Å². The first kappa shape index (κ1) is 32.1. The molecule has 13 heteroatoms. The molecule has 0 spiro atoms. The molecule has 1 amide bonds. The lowest BCUT2D eigenvalue weighted by Gasteiger charge is -2.12. The minimum absolute atomic E-state index is 0.166. The van der Waals surface area contributed by atoms with Crippen molar-refractivity contribution in [3.05, 3.63) is 95.3 Å². The highest BCUT2D eigenvalue weighted by Crippen LogP contribution is 2.15. The third-order valence-electron chi connectivity index (χ3n) is 6.23. The topological polar surface area (TPSA) is 170 Å². The molecule has 4 aromatic rings. The summed E-state index contributed by atoms with van der Waals surface area (Å²) in [5.41, 5.74) is 8.80. The van der Waals surface area contributed by atoms with E-state index in [0.29, 0.717) is 82.6 Å². The van der Waals surface area contributed by atoms with Crippen LogP contribution < -0.4 is 31.7 Å². The molecule has 0 aliphatic rings. The maximum absolute atomic E-state index is 12.5. The molecule has 0 unspecified atom stereocenters. The number of nitrogens with two attached hydrogens (primary N) is 1. The predicted octanol–water partition coefficient (Wildman–Crippen LogP) is 2.83. The Bertz CT molecular complexity index is 1410. The number of benzene rings is 2. The number of amides is 1. The number of methoxy groups -OCH3 is 1. The highest BCUT2D eigenvalue weighted by molar-refractivity contribution is 5.94. The SMILES string of the molecule is COc1ccc(CNc2nc(NCc3ccc(C(=O)NCCOCCOCCN)cc3)nc(NCc3ccccn3)n2)cc1. The molecule has 0 bridgehead atoms. The van der Waals surface area contributed by atoms with E-state index in [4.69, 9.17) is 19.9 Å². The monoisotopic (exact) mass is 601 g/mol. The fourth-order valence-corrected chi connectivity index (χ4v) is 3.91. The Labute approximate surface area is 257 Å². The van der Waals surface area contributed by atoms with Gasteiger partial charge in [-0.3, -0.25) is 9.78 Å². The van der Waals surface area contributed by atoms with Gasteiger partial charge >= 0.3 is 0 Å². The van der Waals surface area contributed by atoms with Crippen molar-refractivity contribution in [2.45, 2.75) is 19.6 Å². The summed E-state index contributed by atoms with van der Waals surface area (Å²) >= 11 is 0. The molecule has 13 nitrogen and oxygen atoms in total. The van der Waals surface area contributed by atoms with E-state index in [1.807, 2.05) is 54.6 Å². The molecule has 0 saturated heterocycles. The number of carbonyl (C=O) groups excluding carboxylic acids is 1. The molecular weight excluding hydrogens is 562 g/mol. The smallest absolute Gasteiger partial charge is 0.251 e. The minimum Gasteiger partial charge on any atom is -0.497 e. The molecule has 0 atom stereocenters. The molecule has 6 N–H and O–H groups in total. The molecular formula is C31H39N9O4. The van der Waals surface area contributed by atoms with Crippen LogP contribution in [0.25, 0.3) is 0 Å². The normalized spacial score (nSPS) is 10.7. The van der Waals surface area contributed by atoms with Crippen LogP contribution in [0, 0.1) is 0 Å². The second kappa shape index (κ2) is 18.0. The lowest BCUT2D eigenvalue weighted by molar-refractivity contribution is 0.0511. The van der Waals surface area contributed by atoms with E-state index in [1.165, 1.54) is 0 Å². The number of nitrogens with zero attached hydrogens (tertiary/aromatic N) is 4. The largest absolute Gasteiger partial charge is 0.497 e. The first-order chi connectivity index (χ1) is 21.6. The first-order valence-corrected chi connectivity index (χ1v) is 14.4. The van der Waals surface area contributed by atoms with Gasteiger partial charge in [-0.05, 0) is 47.5 Å². The van der Waals surface area contributed by atoms with Crippen molar-refractivity contribution in [3.63, 3.8) is 0 Å². The van der Waals surface area contributed by atoms with Crippen molar-refractivity contribution >= 4 is 23.8 Å². The third-order valence-corrected chi connectivity index (χ3v) is 6.23. The second-order valence-electron chi connectivity index (χ2n) is 9.50. The van der Waals surface area contributed by atoms with Gasteiger partial charge in [0.15, 0.2) is 0 Å². The second-order valence-corrected chi connectivity index (χ2v) is 9.50. The number of rotatable bonds is 19. The standard InChI is InChI=1S/C31H39N9O4/c1-42-27-11-7-24(8-12-27)21-36-30-38-29(39-31(40-30)37-22-26-4-2-3-14-33-26)35-20-23-5-9-25(10-6-23)28(41)34-15-17-44-19-18-43-16-13-32/h2-12,14H,13,15-22,32H2,1H3,(H,34,41)(H3,35,36,37,38,39,40). The van der Waals surface area contributed by atoms with Crippen molar-refractivity contribution in [2.75, 3.05) is 62.6 Å². The molecule has 2 aromatic heterocycles. The van der Waals surface area contributed by atoms with Gasteiger partial charge in [-0.15, -0.1) is 0 Å². The van der Waals surface area contributed by atoms with Gasteiger partial charge in [-0.25, -0.2) is 0 Å². The van der Waals surface area contributed by atoms with Crippen molar-refractivity contribution in [1.29, 1.82) is 0 Å². The number of aromatic nitrogens is 4. The number of ether oxygens (including phenoxy) is 3. The van der Waals surface area contributed by atoms with Crippen LogP contribution in [0.15, 0.2) is 72.9 Å². The Kier molecular flexibility index (Phi) is 13.1. The zero-order chi connectivity index (χ0) is 30.8. The zero-order valence-corrected chi connectivity index (χ0v) is 24.8. The summed E-state index contributed by atoms with van der Waals surface area (Å²) < 4.78 is 15.9. The van der Waals surface area contributed by atoms with Gasteiger partial charge in [0, 0.05) is 37.9 Å². The zero-order valence-electron chi connectivity index (χ0n) is 24.8. The molecule has 44 heavy (non-hydrogen) atoms. The molecule has 0 fully saturated rings. The Morgan fingerprint density at radius 2 is 1.32 bits per heavy atom. The van der Waals surface area contributed by atoms with Crippen LogP contribution >= 0.6 is 0 Å². The van der Waals surface area contributed by atoms with Gasteiger partial charge in [-0.1, -0.05) is 30.3 Å². The van der Waals surface area contributed by atoms with Gasteiger partial charge in [0.2, 0.25) is 17.8 Å². The number of anilines is 3. The number of hydrogen-bond acceptors (Lipinski definition) is 12. The van der Waals surface area contributed by atoms with Gasteiger partial charge in [0.25, 0.3) is 5.91 Å². The Balaban J connectivity index is 1.31. The van der Waals surface area contributed by atoms with E-state index in [0.717, 1.165) is 22.6 Å². The highest BCUT2D eigenvalue weighted by atomic mass is 16.5. The van der Waals surface area contributed by atoms with Gasteiger partial charge in [-0.2, -0.15) is 15.0 Å². The summed E-state index contributed by atoms with van der Waals surface area (Å²) in [7, 11) is 1.64. The van der Waals surface area contributed by atoms with Crippen LogP contribution in [-0.2, 0) is 29.1 Å². The summed E-state index contributed by atoms with van der Waals surface area (Å²) in [5, 5.41) is 12.6. The van der Waals surface area contributed by atoms with Crippen LogP contribution in [0.3, 0.4) is 0 Å². The summed E-state index contributed by atoms with van der Waals surface area (Å²) in [4.78, 5) is 30.4. The molecule has 0 saturated carbocycles. The summed E-state index contributed by atoms with van der Waals surface area (Å²) in [6.45, 7) is 4.17. The van der Waals surface area contributed by atoms with Crippen molar-refractivity contribution in [1.82, 2.24) is 25.3 Å². The predicted molar refractivity (Wildman–Crippen MR) is 169 cm³/mol. The van der Waals surface area contributed by atoms with E-state index >= 15 is 0 Å². The van der Waals surface area contributed by atoms with E-state index < -0.39 is 0 Å². The molecule has 4 rings (SSSR count). The average Bonchev–Trinajstić information content (AvgIpc) is 3.07. The molecule has 2 aromatic carbocycles. The summed E-state index contributed by atoms with van der Waals surface area (Å²) in [6, 6.07) is 20.8. The Morgan fingerprint density at radius 3 is 1.89 bits per heavy atom. The van der Waals surface area contributed by atoms with Crippen molar-refractivity contribution in [3.8, 4) is 5.75 Å². The molecule has 2 heterocycles. The number of carbonyl (C=O) groups is 1. The fourth-order valence-electron chi connectivity index (χ4n) is 3.91. The van der Waals surface area contributed by atoms with Crippen LogP contribution in [0.2, 0.25) is 0 Å². The molecule has 0 radical (unpaired) electrons. The van der Waals surface area contributed by atoms with Crippen molar-refractivity contribution < 1.29 is 19.0 Å². The summed E-state index contributed by atoms with van der Waals surface area (Å²) in [6.07, 6.45) is 1.74. The Morgan fingerprint density at radius 1 is 0.727 bits per heavy atom. The first-order valence-electron chi connectivity index (χ1n) is 14.4. The van der Waals surface area contributed by atoms with Gasteiger partial charge < -0.3 is 41.2 Å². The van der Waals surface area contributed by atoms with Crippen LogP contribution in [0.4, 0.5) is 17.8 Å². The lowest BCUT2D eigenvalue weighted by Crippen LogP contribution is -2.27. The Hall–Kier alpha value is -4.85. The average molecular weight is 602 g/mol. The lowest BCUT2D eigenvalue weighted by atomic mass is 10.1. The van der Waals surface area contributed by atoms with Crippen LogP contribution in [0.5, 0.6) is 5.75 Å². The maximum Gasteiger partial charge on any atom is 0.251 e. The van der Waals surface area contributed by atoms with E-state index in [9.17, 15) is 4.79 Å². The van der Waals surface area contributed by atoms with E-state index in [1.54, 1.807) is 25.4 Å². The molecule has 0 aliphatic heterocycles. The number of hydrogen-bond donors (Lipinski definition) is 5. The van der Waals surface area contributed by atoms with E-state index in [2.05, 4.69) is 41.2 Å². The van der Waals surface area contributed by atoms with E-state index in [-0.39, 0.29) is 5.91 Å². The minimum atomic E-state index is -0.166. The molecule has 0 aliphatic carbocycles. The van der Waals surface area contributed by atoms with Gasteiger partial charge in [0.1, 0.15) is 5.75 Å². The number of pyridine rings is 1. The quantitative estimate of drug-likeness (QED) is 0.0998. The van der Waals surface area contributed by atoms with Crippen LogP contribution in [-0.4, -0.2) is 72.5 Å². The maximum atomic E-state index is 12.5. The highest BCUT2D eigenvalue weighted by Gasteiger charge is 2.09. The summed E-state index contributed by atoms with van der Waals surface area (Å²) in [5.74, 6) is 1.85. The fraction of sp³-hybridized carbons (Fsp3) is 0.323. The van der Waals surface area contributed by atoms with Gasteiger partial charge in [0.05, 0.1) is 45.8 Å². The third kappa shape index (κ3) is 11.1. The number of nitrogens with one attached hydrogen (secondary N) is 4.